The number of methoxy groups -OCH3 is 2. The third kappa shape index (κ3) is 4.25. The Labute approximate surface area is 211 Å². The number of hydrogen-bond acceptors (Lipinski definition) is 4. The van der Waals surface area contributed by atoms with E-state index >= 15 is 0 Å². The minimum atomic E-state index is -3.82. The van der Waals surface area contributed by atoms with E-state index in [1.807, 2.05) is 66.7 Å². The summed E-state index contributed by atoms with van der Waals surface area (Å²) >= 11 is 0. The van der Waals surface area contributed by atoms with Crippen molar-refractivity contribution in [3.63, 3.8) is 0 Å². The molecule has 0 saturated carbocycles. The average molecular weight is 498 g/mol. The van der Waals surface area contributed by atoms with E-state index in [1.165, 1.54) is 3.97 Å². The van der Waals surface area contributed by atoms with Crippen LogP contribution < -0.4 is 9.47 Å². The molecule has 0 radical (unpaired) electrons. The number of para-hydroxylation sites is 1. The van der Waals surface area contributed by atoms with E-state index < -0.39 is 10.0 Å². The molecule has 5 nitrogen and oxygen atoms in total. The van der Waals surface area contributed by atoms with Gasteiger partial charge in [-0.2, -0.15) is 0 Å². The van der Waals surface area contributed by atoms with Gasteiger partial charge in [0.25, 0.3) is 10.0 Å². The molecule has 0 bridgehead atoms. The minimum absolute atomic E-state index is 0.0255. The molecule has 36 heavy (non-hydrogen) atoms. The fourth-order valence-corrected chi connectivity index (χ4v) is 6.08. The molecule has 4 aromatic carbocycles. The molecule has 0 amide bonds. The van der Waals surface area contributed by atoms with E-state index in [-0.39, 0.29) is 10.8 Å². The van der Waals surface area contributed by atoms with Crippen molar-refractivity contribution in [1.82, 2.24) is 3.97 Å². The number of rotatable bonds is 7. The molecule has 6 heteroatoms. The van der Waals surface area contributed by atoms with Crippen LogP contribution in [0.3, 0.4) is 0 Å². The Bertz CT molecular complexity index is 1620. The van der Waals surface area contributed by atoms with Crippen LogP contribution in [0.15, 0.2) is 108 Å². The van der Waals surface area contributed by atoms with Crippen molar-refractivity contribution in [3.05, 3.63) is 114 Å². The van der Waals surface area contributed by atoms with E-state index in [4.69, 9.17) is 9.47 Å². The number of benzene rings is 4. The Kier molecular flexibility index (Phi) is 6.29. The molecule has 5 aromatic rings. The second-order valence-corrected chi connectivity index (χ2v) is 10.5. The molecule has 0 saturated heterocycles. The summed E-state index contributed by atoms with van der Waals surface area (Å²) in [6.07, 6.45) is 0. The van der Waals surface area contributed by atoms with Crippen LogP contribution >= 0.6 is 0 Å². The Morgan fingerprint density at radius 1 is 0.694 bits per heavy atom. The van der Waals surface area contributed by atoms with Crippen LogP contribution in [0.25, 0.3) is 22.2 Å². The van der Waals surface area contributed by atoms with Gasteiger partial charge in [0.1, 0.15) is 11.5 Å². The third-order valence-corrected chi connectivity index (χ3v) is 8.25. The summed E-state index contributed by atoms with van der Waals surface area (Å²) in [7, 11) is -0.551. The van der Waals surface area contributed by atoms with Crippen LogP contribution in [0.5, 0.6) is 11.5 Å². The van der Waals surface area contributed by atoms with Gasteiger partial charge in [-0.05, 0) is 59.2 Å². The molecule has 1 unspecified atom stereocenters. The van der Waals surface area contributed by atoms with Crippen LogP contribution in [0.4, 0.5) is 0 Å². The first-order chi connectivity index (χ1) is 17.4. The molecule has 182 valence electrons. The average Bonchev–Trinajstić information content (AvgIpc) is 3.33. The Hall–Kier alpha value is -4.03. The van der Waals surface area contributed by atoms with E-state index in [0.717, 1.165) is 33.6 Å². The summed E-state index contributed by atoms with van der Waals surface area (Å²) in [5, 5.41) is 0.864. The summed E-state index contributed by atoms with van der Waals surface area (Å²) < 4.78 is 40.0. The second kappa shape index (κ2) is 9.55. The lowest BCUT2D eigenvalue weighted by molar-refractivity contribution is 0.393. The number of hydrogen-bond donors (Lipinski definition) is 0. The van der Waals surface area contributed by atoms with E-state index in [2.05, 4.69) is 19.1 Å². The van der Waals surface area contributed by atoms with Gasteiger partial charge in [-0.25, -0.2) is 12.4 Å². The first kappa shape index (κ1) is 23.7. The maximum atomic E-state index is 13.8. The highest BCUT2D eigenvalue weighted by Gasteiger charge is 2.24. The van der Waals surface area contributed by atoms with E-state index in [9.17, 15) is 8.42 Å². The van der Waals surface area contributed by atoms with E-state index in [0.29, 0.717) is 11.2 Å². The lowest BCUT2D eigenvalue weighted by Gasteiger charge is -2.17. The molecule has 0 aliphatic rings. The molecule has 0 fully saturated rings. The summed E-state index contributed by atoms with van der Waals surface area (Å²) in [5.41, 5.74) is 4.19. The summed E-state index contributed by atoms with van der Waals surface area (Å²) in [5.74, 6) is 1.47. The van der Waals surface area contributed by atoms with Crippen molar-refractivity contribution >= 4 is 20.9 Å². The highest BCUT2D eigenvalue weighted by molar-refractivity contribution is 7.90. The van der Waals surface area contributed by atoms with Crippen LogP contribution in [0.2, 0.25) is 0 Å². The van der Waals surface area contributed by atoms with Gasteiger partial charge in [-0.3, -0.25) is 0 Å². The quantitative estimate of drug-likeness (QED) is 0.251. The van der Waals surface area contributed by atoms with Gasteiger partial charge in [-0.1, -0.05) is 61.5 Å². The van der Waals surface area contributed by atoms with Gasteiger partial charge >= 0.3 is 0 Å². The van der Waals surface area contributed by atoms with Crippen molar-refractivity contribution in [3.8, 4) is 22.8 Å². The van der Waals surface area contributed by atoms with Crippen LogP contribution in [0.1, 0.15) is 24.0 Å². The molecule has 0 aliphatic carbocycles. The molecular weight excluding hydrogens is 470 g/mol. The van der Waals surface area contributed by atoms with Gasteiger partial charge < -0.3 is 9.47 Å². The molecular formula is C30H27NO4S. The van der Waals surface area contributed by atoms with Gasteiger partial charge in [0.15, 0.2) is 0 Å². The predicted octanol–water partition coefficient (Wildman–Crippen LogP) is 6.71. The molecule has 1 aromatic heterocycles. The second-order valence-electron chi connectivity index (χ2n) is 8.66. The lowest BCUT2D eigenvalue weighted by atomic mass is 9.91. The zero-order valence-corrected chi connectivity index (χ0v) is 21.2. The van der Waals surface area contributed by atoms with Crippen molar-refractivity contribution in [1.29, 1.82) is 0 Å². The normalized spacial score (nSPS) is 12.4. The first-order valence-electron chi connectivity index (χ1n) is 11.7. The number of aromatic nitrogens is 1. The summed E-state index contributed by atoms with van der Waals surface area (Å²) in [6.45, 7) is 2.11. The SMILES string of the molecule is COc1cc(OC)cc(C(C)c2cccc(-c3cc4ccccc4n3S(=O)(=O)c3ccccc3)c2)c1. The van der Waals surface area contributed by atoms with Crippen molar-refractivity contribution in [2.45, 2.75) is 17.7 Å². The fourth-order valence-electron chi connectivity index (χ4n) is 4.53. The molecule has 1 heterocycles. The first-order valence-corrected chi connectivity index (χ1v) is 13.1. The number of fused-ring (bicyclic) bond motifs is 1. The zero-order chi connectivity index (χ0) is 25.3. The van der Waals surface area contributed by atoms with Gasteiger partial charge in [0, 0.05) is 17.4 Å². The van der Waals surface area contributed by atoms with Crippen LogP contribution in [-0.4, -0.2) is 26.6 Å². The number of ether oxygens (including phenoxy) is 2. The molecule has 0 N–H and O–H groups in total. The summed E-state index contributed by atoms with van der Waals surface area (Å²) in [4.78, 5) is 0.251. The minimum Gasteiger partial charge on any atom is -0.497 e. The predicted molar refractivity (Wildman–Crippen MR) is 143 cm³/mol. The van der Waals surface area contributed by atoms with Crippen molar-refractivity contribution in [2.24, 2.45) is 0 Å². The van der Waals surface area contributed by atoms with Gasteiger partial charge in [0.2, 0.25) is 0 Å². The molecule has 0 spiro atoms. The molecule has 5 rings (SSSR count). The molecule has 0 aliphatic heterocycles. The zero-order valence-electron chi connectivity index (χ0n) is 20.4. The Balaban J connectivity index is 1.66. The summed E-state index contributed by atoms with van der Waals surface area (Å²) in [6, 6.07) is 31.9. The van der Waals surface area contributed by atoms with Crippen molar-refractivity contribution in [2.75, 3.05) is 14.2 Å². The van der Waals surface area contributed by atoms with Crippen LogP contribution in [-0.2, 0) is 10.0 Å². The van der Waals surface area contributed by atoms with Gasteiger partial charge in [-0.15, -0.1) is 0 Å². The fraction of sp³-hybridized carbons (Fsp3) is 0.133. The maximum absolute atomic E-state index is 13.8. The van der Waals surface area contributed by atoms with E-state index in [1.54, 1.807) is 38.5 Å². The smallest absolute Gasteiger partial charge is 0.268 e. The van der Waals surface area contributed by atoms with Gasteiger partial charge in [0.05, 0.1) is 30.3 Å². The van der Waals surface area contributed by atoms with Crippen LogP contribution in [0, 0.1) is 0 Å². The Morgan fingerprint density at radius 2 is 1.36 bits per heavy atom. The number of nitrogens with zero attached hydrogens (tertiary/aromatic N) is 1. The topological polar surface area (TPSA) is 57.5 Å². The standard InChI is InChI=1S/C30H27NO4S/c1-21(25-17-26(34-2)20-27(18-25)35-3)22-11-9-12-23(16-22)30-19-24-10-7-8-15-29(24)31(30)36(32,33)28-13-5-4-6-14-28/h4-21H,1-3H3. The highest BCUT2D eigenvalue weighted by Crippen LogP contribution is 2.36. The largest absolute Gasteiger partial charge is 0.497 e. The molecule has 1 atom stereocenters. The lowest BCUT2D eigenvalue weighted by Crippen LogP contribution is -2.14. The Morgan fingerprint density at radius 3 is 2.06 bits per heavy atom. The highest BCUT2D eigenvalue weighted by atomic mass is 32.2. The monoisotopic (exact) mass is 497 g/mol. The van der Waals surface area contributed by atoms with Crippen molar-refractivity contribution < 1.29 is 17.9 Å². The maximum Gasteiger partial charge on any atom is 0.268 e. The third-order valence-electron chi connectivity index (χ3n) is 6.50.